The molecule has 3 nitrogen and oxygen atoms in total. The summed E-state index contributed by atoms with van der Waals surface area (Å²) in [6.07, 6.45) is 4.34. The lowest BCUT2D eigenvalue weighted by atomic mass is 10.3. The van der Waals surface area contributed by atoms with Gasteiger partial charge in [0, 0.05) is 56.8 Å². The zero-order chi connectivity index (χ0) is 28.3. The van der Waals surface area contributed by atoms with Crippen molar-refractivity contribution in [2.45, 2.75) is 0 Å². The maximum absolute atomic E-state index is 10.8. The second-order valence-corrected chi connectivity index (χ2v) is 16.8. The average Bonchev–Trinajstić information content (AvgIpc) is 3.88. The van der Waals surface area contributed by atoms with Gasteiger partial charge in [-0.15, -0.1) is 90.7 Å². The van der Waals surface area contributed by atoms with Gasteiger partial charge >= 0.3 is 0 Å². The molecule has 0 saturated heterocycles. The van der Waals surface area contributed by atoms with Crippen LogP contribution in [-0.4, -0.2) is 16.3 Å². The van der Waals surface area contributed by atoms with Crippen LogP contribution in [-0.2, 0) is 0 Å². The third kappa shape index (κ3) is 6.10. The van der Waals surface area contributed by atoms with E-state index in [1.165, 1.54) is 55.2 Å². The largest absolute Gasteiger partial charge is 0.297 e. The van der Waals surface area contributed by atoms with Crippen LogP contribution in [0.5, 0.6) is 0 Å². The molecule has 206 valence electrons. The van der Waals surface area contributed by atoms with Crippen LogP contribution < -0.4 is 0 Å². The monoisotopic (exact) mass is 690 g/mol. The Bertz CT molecular complexity index is 1940. The van der Waals surface area contributed by atoms with Gasteiger partial charge in [-0.2, -0.15) is 0 Å². The van der Waals surface area contributed by atoms with Gasteiger partial charge < -0.3 is 0 Å². The second-order valence-electron chi connectivity index (χ2n) is 8.63. The molecule has 0 bridgehead atoms. The molecule has 0 spiro atoms. The molecule has 8 aromatic heterocycles. The van der Waals surface area contributed by atoms with Crippen LogP contribution >= 0.6 is 90.7 Å². The highest BCUT2D eigenvalue weighted by molar-refractivity contribution is 7.29. The Hall–Kier alpha value is -2.87. The summed E-state index contributed by atoms with van der Waals surface area (Å²) in [6, 6.07) is 25.9. The predicted octanol–water partition coefficient (Wildman–Crippen LogP) is 12.5. The minimum Gasteiger partial charge on any atom is -0.297 e. The Kier molecular flexibility index (Phi) is 8.50. The summed E-state index contributed by atoms with van der Waals surface area (Å²) < 4.78 is 0. The first kappa shape index (κ1) is 27.9. The molecule has 8 heterocycles. The number of thiophene rings is 6. The van der Waals surface area contributed by atoms with Crippen molar-refractivity contribution in [2.75, 3.05) is 0 Å². The van der Waals surface area contributed by atoms with Crippen LogP contribution in [0.1, 0.15) is 9.67 Å². The Labute approximate surface area is 274 Å². The molecule has 0 fully saturated rings. The van der Waals surface area contributed by atoms with Crippen LogP contribution in [0.25, 0.3) is 58.8 Å². The van der Waals surface area contributed by atoms with Gasteiger partial charge in [0.05, 0.1) is 14.6 Å². The number of aromatic nitrogens is 2. The quantitative estimate of drug-likeness (QED) is 0.156. The minimum atomic E-state index is 0.668. The molecule has 11 heteroatoms. The molecule has 0 unspecified atom stereocenters. The third-order valence-corrected chi connectivity index (χ3v) is 14.8. The fraction of sp³-hybridized carbons (Fsp3) is 0. The van der Waals surface area contributed by atoms with Crippen molar-refractivity contribution < 1.29 is 4.79 Å². The van der Waals surface area contributed by atoms with E-state index in [0.29, 0.717) is 4.88 Å². The van der Waals surface area contributed by atoms with Gasteiger partial charge in [0.15, 0.2) is 6.29 Å². The Morgan fingerprint density at radius 3 is 1.36 bits per heavy atom. The van der Waals surface area contributed by atoms with Crippen molar-refractivity contribution in [2.24, 2.45) is 0 Å². The topological polar surface area (TPSA) is 42.9 Å². The molecule has 0 atom stereocenters. The van der Waals surface area contributed by atoms with Gasteiger partial charge in [0.1, 0.15) is 10.0 Å². The smallest absolute Gasteiger partial charge is 0.161 e. The predicted molar refractivity (Wildman–Crippen MR) is 189 cm³/mol. The molecule has 0 N–H and O–H groups in total. The minimum absolute atomic E-state index is 0.668. The first-order chi connectivity index (χ1) is 20.7. The number of hydrogen-bond donors (Lipinski definition) is 0. The van der Waals surface area contributed by atoms with Gasteiger partial charge in [-0.05, 0) is 71.4 Å². The van der Waals surface area contributed by atoms with Crippen LogP contribution in [0.2, 0.25) is 0 Å². The lowest BCUT2D eigenvalue weighted by Crippen LogP contribution is -1.64. The lowest BCUT2D eigenvalue weighted by Gasteiger charge is -1.91. The van der Waals surface area contributed by atoms with Crippen LogP contribution in [0.15, 0.2) is 101 Å². The van der Waals surface area contributed by atoms with Crippen LogP contribution in [0.3, 0.4) is 0 Å². The van der Waals surface area contributed by atoms with E-state index < -0.39 is 0 Å². The van der Waals surface area contributed by atoms with Gasteiger partial charge in [0.25, 0.3) is 0 Å². The molecule has 8 aromatic rings. The summed E-state index contributed by atoms with van der Waals surface area (Å²) in [5.74, 6) is 0. The van der Waals surface area contributed by atoms with E-state index in [9.17, 15) is 4.79 Å². The van der Waals surface area contributed by atoms with E-state index in [1.54, 1.807) is 51.5 Å². The number of thiazole rings is 2. The molecule has 0 aliphatic heterocycles. The zero-order valence-corrected chi connectivity index (χ0v) is 28.0. The highest BCUT2D eigenvalue weighted by atomic mass is 32.1. The highest BCUT2D eigenvalue weighted by Gasteiger charge is 2.12. The lowest BCUT2D eigenvalue weighted by molar-refractivity contribution is 0.112. The summed E-state index contributed by atoms with van der Waals surface area (Å²) >= 11 is 13.9. The third-order valence-electron chi connectivity index (χ3n) is 5.93. The molecule has 0 radical (unpaired) electrons. The van der Waals surface area contributed by atoms with Crippen molar-refractivity contribution in [3.63, 3.8) is 0 Å². The normalized spacial score (nSPS) is 11.0. The van der Waals surface area contributed by atoms with Gasteiger partial charge in [0.2, 0.25) is 0 Å². The summed E-state index contributed by atoms with van der Waals surface area (Å²) in [6.45, 7) is 0. The summed E-state index contributed by atoms with van der Waals surface area (Å²) in [7, 11) is 0. The van der Waals surface area contributed by atoms with Crippen molar-refractivity contribution in [1.29, 1.82) is 0 Å². The van der Waals surface area contributed by atoms with Crippen molar-refractivity contribution >= 4 is 97.0 Å². The number of rotatable bonds is 7. The zero-order valence-electron chi connectivity index (χ0n) is 21.5. The molecule has 0 aliphatic carbocycles. The maximum Gasteiger partial charge on any atom is 0.161 e. The molecule has 0 saturated carbocycles. The van der Waals surface area contributed by atoms with Gasteiger partial charge in [-0.1, -0.05) is 12.1 Å². The molecule has 0 aliphatic rings. The molecule has 8 rings (SSSR count). The number of carbonyl (C=O) groups excluding carboxylic acids is 1. The fourth-order valence-electron chi connectivity index (χ4n) is 4.01. The van der Waals surface area contributed by atoms with E-state index in [0.717, 1.165) is 21.2 Å². The molecule has 0 amide bonds. The Morgan fingerprint density at radius 2 is 0.929 bits per heavy atom. The van der Waals surface area contributed by atoms with Crippen molar-refractivity contribution in [3.05, 3.63) is 106 Å². The van der Waals surface area contributed by atoms with Crippen LogP contribution in [0.4, 0.5) is 0 Å². The second kappa shape index (κ2) is 12.8. The molecular formula is C31H18N2OS8. The number of aldehydes is 1. The van der Waals surface area contributed by atoms with Gasteiger partial charge in [-0.25, -0.2) is 9.97 Å². The summed E-state index contributed by atoms with van der Waals surface area (Å²) in [5, 5.41) is 8.27. The highest BCUT2D eigenvalue weighted by Crippen LogP contribution is 2.43. The van der Waals surface area contributed by atoms with E-state index >= 15 is 0 Å². The number of carbonyl (C=O) groups is 1. The summed E-state index contributed by atoms with van der Waals surface area (Å²) in [4.78, 5) is 33.0. The van der Waals surface area contributed by atoms with Crippen molar-refractivity contribution in [1.82, 2.24) is 9.97 Å². The number of nitrogens with zero attached hydrogens (tertiary/aromatic N) is 2. The SMILES string of the molecule is O=Cc1cnc(-c2ccc(-c3ccc(-c4cccs4)s3)s2)s1.c1csc(-c2ccc(-c3ccc(-c4nccs4)s3)s2)c1. The van der Waals surface area contributed by atoms with Crippen LogP contribution in [0, 0.1) is 0 Å². The van der Waals surface area contributed by atoms with Gasteiger partial charge in [-0.3, -0.25) is 4.79 Å². The van der Waals surface area contributed by atoms with E-state index in [1.807, 2.05) is 45.6 Å². The Morgan fingerprint density at radius 1 is 0.452 bits per heavy atom. The first-order valence-corrected chi connectivity index (χ1v) is 19.2. The Balaban J connectivity index is 0.000000138. The molecule has 42 heavy (non-hydrogen) atoms. The summed E-state index contributed by atoms with van der Waals surface area (Å²) in [5.41, 5.74) is 0. The first-order valence-electron chi connectivity index (χ1n) is 12.5. The molecular weight excluding hydrogens is 673 g/mol. The standard InChI is InChI=1S/C16H9NOS4.C15H9NS4/c18-9-10-8-17-16(20-10)15-6-5-14(22-15)13-4-3-12(21-13)11-2-1-7-19-11;1-2-10(17-8-1)11-3-4-12(19-11)13-5-6-14(20-13)15-16-7-9-18-15/h1-9H;1-9H. The fourth-order valence-corrected chi connectivity index (χ4v) is 11.4. The van der Waals surface area contributed by atoms with Crippen molar-refractivity contribution in [3.8, 4) is 58.8 Å². The van der Waals surface area contributed by atoms with E-state index in [2.05, 4.69) is 93.5 Å². The van der Waals surface area contributed by atoms with E-state index in [4.69, 9.17) is 0 Å². The number of hydrogen-bond acceptors (Lipinski definition) is 11. The van der Waals surface area contributed by atoms with E-state index in [-0.39, 0.29) is 0 Å². The maximum atomic E-state index is 10.8. The average molecular weight is 691 g/mol. The molecule has 0 aromatic carbocycles.